The molecule has 3 aromatic carbocycles. The highest BCUT2D eigenvalue weighted by molar-refractivity contribution is 7.85. The van der Waals surface area contributed by atoms with Crippen molar-refractivity contribution < 1.29 is 37.1 Å². The van der Waals surface area contributed by atoms with E-state index in [-0.39, 0.29) is 17.0 Å². The molecule has 9 nitrogen and oxygen atoms in total. The van der Waals surface area contributed by atoms with Crippen LogP contribution in [-0.2, 0) is 10.1 Å². The Morgan fingerprint density at radius 3 is 1.89 bits per heavy atom. The number of ether oxygens (including phenoxy) is 2. The Morgan fingerprint density at radius 2 is 1.37 bits per heavy atom. The van der Waals surface area contributed by atoms with Gasteiger partial charge in [0.15, 0.2) is 11.5 Å². The van der Waals surface area contributed by atoms with Gasteiger partial charge in [-0.15, -0.1) is 0 Å². The van der Waals surface area contributed by atoms with Crippen LogP contribution in [0.3, 0.4) is 0 Å². The second-order valence-electron chi connectivity index (χ2n) is 9.60. The Hall–Kier alpha value is -3.57. The SMILES string of the molecule is CS(=O)(=O)O.Cc1ccc(C(=O)Oc2ccc(C(O)CNC(C)(C)C)cc2OC(=O)c2ccccc2)cc1. The molecule has 0 aromatic heterocycles. The van der Waals surface area contributed by atoms with Crippen LogP contribution in [0.4, 0.5) is 0 Å². The minimum atomic E-state index is -3.67. The molecule has 0 saturated heterocycles. The van der Waals surface area contributed by atoms with Crippen LogP contribution in [0.1, 0.15) is 58.7 Å². The number of β-amino-alcohol motifs (C(OH)–C–C–N with tert-alkyl or cyclic N) is 1. The van der Waals surface area contributed by atoms with Crippen LogP contribution in [0.5, 0.6) is 11.5 Å². The van der Waals surface area contributed by atoms with E-state index in [1.54, 1.807) is 48.5 Å². The fourth-order valence-electron chi connectivity index (χ4n) is 3.00. The third-order valence-corrected chi connectivity index (χ3v) is 4.88. The van der Waals surface area contributed by atoms with E-state index < -0.39 is 28.2 Å². The van der Waals surface area contributed by atoms with Crippen molar-refractivity contribution in [2.75, 3.05) is 12.8 Å². The van der Waals surface area contributed by atoms with E-state index >= 15 is 0 Å². The Balaban J connectivity index is 0.000000926. The first kappa shape index (κ1) is 30.7. The molecule has 3 N–H and O–H groups in total. The maximum Gasteiger partial charge on any atom is 0.343 e. The summed E-state index contributed by atoms with van der Waals surface area (Å²) >= 11 is 0. The van der Waals surface area contributed by atoms with E-state index in [4.69, 9.17) is 14.0 Å². The number of esters is 2. The number of nitrogens with one attached hydrogen (secondary N) is 1. The lowest BCUT2D eigenvalue weighted by molar-refractivity contribution is 0.0681. The van der Waals surface area contributed by atoms with Crippen LogP contribution in [0.2, 0.25) is 0 Å². The summed E-state index contributed by atoms with van der Waals surface area (Å²) in [5.41, 5.74) is 2.10. The molecule has 0 fully saturated rings. The van der Waals surface area contributed by atoms with E-state index in [0.717, 1.165) is 5.56 Å². The number of benzene rings is 3. The summed E-state index contributed by atoms with van der Waals surface area (Å²) in [6, 6.07) is 20.2. The Morgan fingerprint density at radius 1 is 0.868 bits per heavy atom. The molecule has 0 bridgehead atoms. The molecule has 0 saturated carbocycles. The third kappa shape index (κ3) is 11.2. The summed E-state index contributed by atoms with van der Waals surface area (Å²) in [6.07, 6.45) is -0.132. The molecule has 0 heterocycles. The molecular formula is C28H33NO8S. The van der Waals surface area contributed by atoms with Gasteiger partial charge in [-0.2, -0.15) is 8.42 Å². The van der Waals surface area contributed by atoms with Crippen LogP contribution in [0.25, 0.3) is 0 Å². The second-order valence-corrected chi connectivity index (χ2v) is 11.1. The van der Waals surface area contributed by atoms with Crippen molar-refractivity contribution in [2.45, 2.75) is 39.3 Å². The van der Waals surface area contributed by atoms with Crippen molar-refractivity contribution in [3.63, 3.8) is 0 Å². The summed E-state index contributed by atoms with van der Waals surface area (Å²) in [6.45, 7) is 8.23. The summed E-state index contributed by atoms with van der Waals surface area (Å²) < 4.78 is 37.0. The minimum absolute atomic E-state index is 0.0524. The Bertz CT molecular complexity index is 1320. The predicted molar refractivity (Wildman–Crippen MR) is 144 cm³/mol. The van der Waals surface area contributed by atoms with Crippen molar-refractivity contribution in [1.82, 2.24) is 5.32 Å². The standard InChI is InChI=1S/C27H29NO5.CH4O3S/c1-18-10-12-20(13-11-18)26(31)32-23-15-14-21(22(29)17-28-27(2,3)4)16-24(23)33-25(30)19-8-6-5-7-9-19;1-5(2,3)4/h5-16,22,28-29H,17H2,1-4H3;1H3,(H,2,3,4). The fourth-order valence-corrected chi connectivity index (χ4v) is 3.00. The van der Waals surface area contributed by atoms with Gasteiger partial charge < -0.3 is 19.9 Å². The van der Waals surface area contributed by atoms with Gasteiger partial charge in [-0.05, 0) is 69.7 Å². The average molecular weight is 544 g/mol. The fraction of sp³-hybridized carbons (Fsp3) is 0.286. The molecule has 0 aliphatic carbocycles. The van der Waals surface area contributed by atoms with Gasteiger partial charge in [0.2, 0.25) is 0 Å². The quantitative estimate of drug-likeness (QED) is 0.225. The molecule has 3 rings (SSSR count). The zero-order chi connectivity index (χ0) is 28.5. The summed E-state index contributed by atoms with van der Waals surface area (Å²) in [7, 11) is -3.67. The maximum atomic E-state index is 12.7. The van der Waals surface area contributed by atoms with Gasteiger partial charge in [0.1, 0.15) is 0 Å². The number of hydrogen-bond donors (Lipinski definition) is 3. The number of rotatable bonds is 7. The topological polar surface area (TPSA) is 139 Å². The number of hydrogen-bond acceptors (Lipinski definition) is 8. The van der Waals surface area contributed by atoms with Crippen LogP contribution in [-0.4, -0.2) is 48.4 Å². The summed E-state index contributed by atoms with van der Waals surface area (Å²) in [5, 5.41) is 13.9. The van der Waals surface area contributed by atoms with Gasteiger partial charge >= 0.3 is 11.9 Å². The third-order valence-electron chi connectivity index (χ3n) is 4.88. The van der Waals surface area contributed by atoms with Crippen LogP contribution < -0.4 is 14.8 Å². The van der Waals surface area contributed by atoms with Gasteiger partial charge in [0.05, 0.1) is 23.5 Å². The first-order valence-corrected chi connectivity index (χ1v) is 13.5. The van der Waals surface area contributed by atoms with Crippen LogP contribution in [0, 0.1) is 6.92 Å². The number of aliphatic hydroxyl groups is 1. The largest absolute Gasteiger partial charge is 0.419 e. The van der Waals surface area contributed by atoms with Crippen molar-refractivity contribution in [3.8, 4) is 11.5 Å². The van der Waals surface area contributed by atoms with Crippen LogP contribution in [0.15, 0.2) is 72.8 Å². The second kappa shape index (κ2) is 13.3. The molecule has 1 unspecified atom stereocenters. The Labute approximate surface area is 223 Å². The van der Waals surface area contributed by atoms with E-state index in [0.29, 0.717) is 29.5 Å². The lowest BCUT2D eigenvalue weighted by Gasteiger charge is -2.23. The molecular weight excluding hydrogens is 510 g/mol. The smallest absolute Gasteiger partial charge is 0.343 e. The van der Waals surface area contributed by atoms with E-state index in [9.17, 15) is 23.1 Å². The lowest BCUT2D eigenvalue weighted by atomic mass is 10.1. The van der Waals surface area contributed by atoms with Crippen molar-refractivity contribution in [1.29, 1.82) is 0 Å². The highest BCUT2D eigenvalue weighted by Crippen LogP contribution is 2.32. The summed E-state index contributed by atoms with van der Waals surface area (Å²) in [4.78, 5) is 25.3. The van der Waals surface area contributed by atoms with Crippen molar-refractivity contribution in [2.24, 2.45) is 0 Å². The number of aliphatic hydroxyl groups excluding tert-OH is 1. The highest BCUT2D eigenvalue weighted by Gasteiger charge is 2.20. The van der Waals surface area contributed by atoms with Gasteiger partial charge in [-0.1, -0.05) is 42.0 Å². The van der Waals surface area contributed by atoms with Crippen LogP contribution >= 0.6 is 0 Å². The van der Waals surface area contributed by atoms with E-state index in [1.165, 1.54) is 12.1 Å². The highest BCUT2D eigenvalue weighted by atomic mass is 32.2. The average Bonchev–Trinajstić information content (AvgIpc) is 2.83. The number of aryl methyl sites for hydroxylation is 1. The molecule has 38 heavy (non-hydrogen) atoms. The normalized spacial score (nSPS) is 12.1. The molecule has 10 heteroatoms. The Kier molecular flexibility index (Phi) is 10.7. The molecule has 3 aromatic rings. The molecule has 0 spiro atoms. The van der Waals surface area contributed by atoms with Crippen molar-refractivity contribution in [3.05, 3.63) is 95.1 Å². The molecule has 204 valence electrons. The van der Waals surface area contributed by atoms with Gasteiger partial charge in [-0.25, -0.2) is 9.59 Å². The monoisotopic (exact) mass is 543 g/mol. The lowest BCUT2D eigenvalue weighted by Crippen LogP contribution is -2.38. The molecule has 0 amide bonds. The first-order chi connectivity index (χ1) is 17.6. The number of carbonyl (C=O) groups is 2. The van der Waals surface area contributed by atoms with Crippen molar-refractivity contribution >= 4 is 22.1 Å². The molecule has 0 radical (unpaired) electrons. The predicted octanol–water partition coefficient (Wildman–Crippen LogP) is 4.36. The summed E-state index contributed by atoms with van der Waals surface area (Å²) in [5.74, 6) is -1.03. The van der Waals surface area contributed by atoms with E-state index in [2.05, 4.69) is 5.32 Å². The number of carbonyl (C=O) groups excluding carboxylic acids is 2. The first-order valence-electron chi connectivity index (χ1n) is 11.7. The zero-order valence-electron chi connectivity index (χ0n) is 22.0. The van der Waals surface area contributed by atoms with Gasteiger partial charge in [-0.3, -0.25) is 4.55 Å². The zero-order valence-corrected chi connectivity index (χ0v) is 22.8. The maximum absolute atomic E-state index is 12.7. The molecule has 0 aliphatic heterocycles. The van der Waals surface area contributed by atoms with E-state index in [1.807, 2.05) is 39.8 Å². The minimum Gasteiger partial charge on any atom is -0.419 e. The molecule has 0 aliphatic rings. The molecule has 1 atom stereocenters. The van der Waals surface area contributed by atoms with Gasteiger partial charge in [0, 0.05) is 12.1 Å². The van der Waals surface area contributed by atoms with Gasteiger partial charge in [0.25, 0.3) is 10.1 Å².